The maximum Gasteiger partial charge on any atom is 0.305 e. The number of esters is 1. The van der Waals surface area contributed by atoms with Gasteiger partial charge in [0.2, 0.25) is 0 Å². The molecule has 0 rings (SSSR count). The first-order valence-electron chi connectivity index (χ1n) is 4.27. The standard InChI is InChI=1S/C7H14O2.C2H6/c1-4-6(2)5-7(8)9-3;1-2/h6H,4-5H2,1-3H3;1-2H3. The Morgan fingerprint density at radius 1 is 1.45 bits per heavy atom. The lowest BCUT2D eigenvalue weighted by atomic mass is 10.1. The van der Waals surface area contributed by atoms with Gasteiger partial charge in [0.15, 0.2) is 0 Å². The number of ether oxygens (including phenoxy) is 1. The van der Waals surface area contributed by atoms with Crippen molar-refractivity contribution in [3.63, 3.8) is 0 Å². The van der Waals surface area contributed by atoms with Crippen LogP contribution in [0.2, 0.25) is 0 Å². The van der Waals surface area contributed by atoms with Gasteiger partial charge in [-0.25, -0.2) is 0 Å². The van der Waals surface area contributed by atoms with Crippen LogP contribution in [-0.4, -0.2) is 13.1 Å². The SMILES string of the molecule is CC.CCC(C)CC(=O)OC. The molecule has 1 atom stereocenters. The van der Waals surface area contributed by atoms with Gasteiger partial charge in [-0.15, -0.1) is 0 Å². The molecule has 0 aliphatic heterocycles. The monoisotopic (exact) mass is 160 g/mol. The molecule has 0 aliphatic carbocycles. The van der Waals surface area contributed by atoms with E-state index in [-0.39, 0.29) is 5.97 Å². The summed E-state index contributed by atoms with van der Waals surface area (Å²) in [6, 6.07) is 0. The Bertz CT molecular complexity index is 89.6. The van der Waals surface area contributed by atoms with Gasteiger partial charge >= 0.3 is 5.97 Å². The highest BCUT2D eigenvalue weighted by molar-refractivity contribution is 5.69. The second kappa shape index (κ2) is 9.47. The van der Waals surface area contributed by atoms with Crippen LogP contribution in [0.4, 0.5) is 0 Å². The minimum absolute atomic E-state index is 0.107. The third-order valence-electron chi connectivity index (χ3n) is 1.44. The van der Waals surface area contributed by atoms with Crippen LogP contribution in [0.25, 0.3) is 0 Å². The summed E-state index contributed by atoms with van der Waals surface area (Å²) in [6.45, 7) is 8.10. The van der Waals surface area contributed by atoms with Crippen molar-refractivity contribution in [1.82, 2.24) is 0 Å². The topological polar surface area (TPSA) is 26.3 Å². The average molecular weight is 160 g/mol. The molecule has 0 aromatic rings. The van der Waals surface area contributed by atoms with E-state index >= 15 is 0 Å². The molecule has 2 nitrogen and oxygen atoms in total. The highest BCUT2D eigenvalue weighted by Gasteiger charge is 2.05. The molecule has 0 amide bonds. The third-order valence-corrected chi connectivity index (χ3v) is 1.44. The lowest BCUT2D eigenvalue weighted by molar-refractivity contribution is -0.141. The first kappa shape index (κ1) is 13.1. The normalized spacial score (nSPS) is 11.0. The van der Waals surface area contributed by atoms with Gasteiger partial charge in [0.1, 0.15) is 0 Å². The Morgan fingerprint density at radius 3 is 2.18 bits per heavy atom. The van der Waals surface area contributed by atoms with E-state index in [1.807, 2.05) is 20.8 Å². The maximum atomic E-state index is 10.6. The van der Waals surface area contributed by atoms with Gasteiger partial charge in [0.25, 0.3) is 0 Å². The molecular weight excluding hydrogens is 140 g/mol. The van der Waals surface area contributed by atoms with E-state index in [1.54, 1.807) is 0 Å². The van der Waals surface area contributed by atoms with E-state index < -0.39 is 0 Å². The number of hydrogen-bond donors (Lipinski definition) is 0. The summed E-state index contributed by atoms with van der Waals surface area (Å²) < 4.78 is 4.48. The summed E-state index contributed by atoms with van der Waals surface area (Å²) in [5.41, 5.74) is 0. The fourth-order valence-corrected chi connectivity index (χ4v) is 0.512. The third kappa shape index (κ3) is 9.47. The lowest BCUT2D eigenvalue weighted by Gasteiger charge is -2.04. The summed E-state index contributed by atoms with van der Waals surface area (Å²) in [5, 5.41) is 0. The van der Waals surface area contributed by atoms with E-state index in [0.717, 1.165) is 6.42 Å². The molecule has 0 aromatic carbocycles. The summed E-state index contributed by atoms with van der Waals surface area (Å²) >= 11 is 0. The van der Waals surface area contributed by atoms with Crippen LogP contribution in [0, 0.1) is 5.92 Å². The lowest BCUT2D eigenvalue weighted by Crippen LogP contribution is -2.05. The van der Waals surface area contributed by atoms with Gasteiger partial charge in [0, 0.05) is 6.42 Å². The van der Waals surface area contributed by atoms with E-state index in [9.17, 15) is 4.79 Å². The first-order valence-corrected chi connectivity index (χ1v) is 4.27. The minimum atomic E-state index is -0.107. The Hall–Kier alpha value is -0.530. The summed E-state index contributed by atoms with van der Waals surface area (Å²) in [7, 11) is 1.42. The Morgan fingerprint density at radius 2 is 1.91 bits per heavy atom. The summed E-state index contributed by atoms with van der Waals surface area (Å²) in [5.74, 6) is 0.349. The number of carbonyl (C=O) groups excluding carboxylic acids is 1. The summed E-state index contributed by atoms with van der Waals surface area (Å²) in [6.07, 6.45) is 1.59. The van der Waals surface area contributed by atoms with E-state index in [4.69, 9.17) is 0 Å². The molecule has 0 heterocycles. The van der Waals surface area contributed by atoms with Crippen molar-refractivity contribution in [2.24, 2.45) is 5.92 Å². The highest BCUT2D eigenvalue weighted by atomic mass is 16.5. The number of carbonyl (C=O) groups is 1. The van der Waals surface area contributed by atoms with Gasteiger partial charge in [-0.05, 0) is 5.92 Å². The number of rotatable bonds is 3. The second-order valence-corrected chi connectivity index (χ2v) is 2.29. The minimum Gasteiger partial charge on any atom is -0.469 e. The molecule has 0 fully saturated rings. The fourth-order valence-electron chi connectivity index (χ4n) is 0.512. The van der Waals surface area contributed by atoms with Gasteiger partial charge in [-0.1, -0.05) is 34.1 Å². The van der Waals surface area contributed by atoms with Gasteiger partial charge in [-0.3, -0.25) is 4.79 Å². The van der Waals surface area contributed by atoms with E-state index in [0.29, 0.717) is 12.3 Å². The molecule has 0 radical (unpaired) electrons. The van der Waals surface area contributed by atoms with Crippen LogP contribution in [0.15, 0.2) is 0 Å². The zero-order valence-electron chi connectivity index (χ0n) is 8.31. The molecule has 11 heavy (non-hydrogen) atoms. The molecule has 2 heteroatoms. The van der Waals surface area contributed by atoms with Crippen LogP contribution in [0.3, 0.4) is 0 Å². The van der Waals surface area contributed by atoms with Crippen molar-refractivity contribution in [2.75, 3.05) is 7.11 Å². The van der Waals surface area contributed by atoms with Crippen molar-refractivity contribution >= 4 is 5.97 Å². The van der Waals surface area contributed by atoms with Crippen molar-refractivity contribution in [1.29, 1.82) is 0 Å². The number of methoxy groups -OCH3 is 1. The molecule has 0 bridgehead atoms. The van der Waals surface area contributed by atoms with Crippen molar-refractivity contribution in [3.8, 4) is 0 Å². The smallest absolute Gasteiger partial charge is 0.305 e. The first-order chi connectivity index (χ1) is 5.20. The predicted molar refractivity (Wildman–Crippen MR) is 47.4 cm³/mol. The Balaban J connectivity index is 0. The summed E-state index contributed by atoms with van der Waals surface area (Å²) in [4.78, 5) is 10.6. The second-order valence-electron chi connectivity index (χ2n) is 2.29. The number of hydrogen-bond acceptors (Lipinski definition) is 2. The predicted octanol–water partition coefficient (Wildman–Crippen LogP) is 2.62. The molecule has 68 valence electrons. The average Bonchev–Trinajstić information content (AvgIpc) is 2.07. The zero-order valence-corrected chi connectivity index (χ0v) is 8.31. The Kier molecular flexibility index (Phi) is 11.3. The van der Waals surface area contributed by atoms with Crippen LogP contribution >= 0.6 is 0 Å². The Labute approximate surface area is 69.9 Å². The quantitative estimate of drug-likeness (QED) is 0.593. The molecule has 0 N–H and O–H groups in total. The van der Waals surface area contributed by atoms with Crippen molar-refractivity contribution < 1.29 is 9.53 Å². The van der Waals surface area contributed by atoms with Crippen LogP contribution < -0.4 is 0 Å². The fraction of sp³-hybridized carbons (Fsp3) is 0.889. The van der Waals surface area contributed by atoms with Gasteiger partial charge < -0.3 is 4.74 Å². The molecule has 0 saturated heterocycles. The zero-order chi connectivity index (χ0) is 9.28. The largest absolute Gasteiger partial charge is 0.469 e. The highest BCUT2D eigenvalue weighted by Crippen LogP contribution is 2.06. The van der Waals surface area contributed by atoms with Gasteiger partial charge in [0.05, 0.1) is 7.11 Å². The van der Waals surface area contributed by atoms with Crippen LogP contribution in [0.5, 0.6) is 0 Å². The van der Waals surface area contributed by atoms with E-state index in [1.165, 1.54) is 7.11 Å². The van der Waals surface area contributed by atoms with Gasteiger partial charge in [-0.2, -0.15) is 0 Å². The molecule has 0 aliphatic rings. The van der Waals surface area contributed by atoms with Crippen LogP contribution in [-0.2, 0) is 9.53 Å². The van der Waals surface area contributed by atoms with E-state index in [2.05, 4.69) is 11.7 Å². The molecular formula is C9H20O2. The van der Waals surface area contributed by atoms with Crippen LogP contribution in [0.1, 0.15) is 40.5 Å². The van der Waals surface area contributed by atoms with Crippen molar-refractivity contribution in [3.05, 3.63) is 0 Å². The molecule has 0 spiro atoms. The maximum absolute atomic E-state index is 10.6. The molecule has 0 aromatic heterocycles. The molecule has 0 saturated carbocycles. The van der Waals surface area contributed by atoms with Crippen molar-refractivity contribution in [2.45, 2.75) is 40.5 Å². The molecule has 1 unspecified atom stereocenters.